The van der Waals surface area contributed by atoms with Crippen LogP contribution >= 0.6 is 0 Å². The predicted molar refractivity (Wildman–Crippen MR) is 92.2 cm³/mol. The molecule has 7 heteroatoms. The van der Waals surface area contributed by atoms with Gasteiger partial charge in [-0.25, -0.2) is 9.37 Å². The average molecular weight is 339 g/mol. The Balaban J connectivity index is 1.94. The highest BCUT2D eigenvalue weighted by Crippen LogP contribution is 2.22. The fourth-order valence-electron chi connectivity index (χ4n) is 3.52. The van der Waals surface area contributed by atoms with Crippen LogP contribution in [-0.2, 0) is 18.4 Å². The highest BCUT2D eigenvalue weighted by Gasteiger charge is 2.33. The minimum absolute atomic E-state index is 0.00856. The van der Waals surface area contributed by atoms with E-state index in [0.717, 1.165) is 5.82 Å². The maximum absolute atomic E-state index is 13.9. The Hall–Kier alpha value is -1.47. The van der Waals surface area contributed by atoms with Crippen molar-refractivity contribution in [3.8, 4) is 0 Å². The fraction of sp³-hybridized carbons (Fsp3) is 0.765. The molecule has 0 radical (unpaired) electrons. The van der Waals surface area contributed by atoms with Crippen molar-refractivity contribution in [2.75, 3.05) is 27.2 Å². The summed E-state index contributed by atoms with van der Waals surface area (Å²) in [7, 11) is 5.75. The van der Waals surface area contributed by atoms with Crippen LogP contribution in [-0.4, -0.2) is 70.7 Å². The van der Waals surface area contributed by atoms with E-state index in [2.05, 4.69) is 15.2 Å². The SMILES string of the molecule is CC(C)[C@@H](C(=O)NC[C@@H]1C[C@H](F)CN1Cc1nccn1C)N(C)C. The summed E-state index contributed by atoms with van der Waals surface area (Å²) in [5.41, 5.74) is 0. The molecular weight excluding hydrogens is 309 g/mol. The Kier molecular flexibility index (Phi) is 6.34. The van der Waals surface area contributed by atoms with E-state index in [1.165, 1.54) is 0 Å². The van der Waals surface area contributed by atoms with E-state index in [9.17, 15) is 9.18 Å². The van der Waals surface area contributed by atoms with Crippen molar-refractivity contribution in [3.63, 3.8) is 0 Å². The number of carbonyl (C=O) groups excluding carboxylic acids is 1. The number of imidazole rings is 1. The number of likely N-dealkylation sites (tertiary alicyclic amines) is 1. The van der Waals surface area contributed by atoms with Crippen LogP contribution in [0.25, 0.3) is 0 Å². The van der Waals surface area contributed by atoms with Gasteiger partial charge in [0.05, 0.1) is 12.6 Å². The molecule has 2 rings (SSSR count). The van der Waals surface area contributed by atoms with E-state index < -0.39 is 6.17 Å². The Morgan fingerprint density at radius 2 is 2.21 bits per heavy atom. The van der Waals surface area contributed by atoms with Crippen molar-refractivity contribution in [1.82, 2.24) is 24.7 Å². The fourth-order valence-corrected chi connectivity index (χ4v) is 3.52. The first-order valence-electron chi connectivity index (χ1n) is 8.58. The van der Waals surface area contributed by atoms with Crippen molar-refractivity contribution < 1.29 is 9.18 Å². The highest BCUT2D eigenvalue weighted by molar-refractivity contribution is 5.82. The second kappa shape index (κ2) is 8.07. The Labute approximate surface area is 144 Å². The highest BCUT2D eigenvalue weighted by atomic mass is 19.1. The Morgan fingerprint density at radius 3 is 2.75 bits per heavy atom. The zero-order valence-corrected chi connectivity index (χ0v) is 15.4. The number of amides is 1. The van der Waals surface area contributed by atoms with Gasteiger partial charge in [0.1, 0.15) is 12.0 Å². The minimum Gasteiger partial charge on any atom is -0.353 e. The average Bonchev–Trinajstić information content (AvgIpc) is 3.02. The first-order chi connectivity index (χ1) is 11.3. The van der Waals surface area contributed by atoms with Crippen molar-refractivity contribution in [1.29, 1.82) is 0 Å². The van der Waals surface area contributed by atoms with Crippen LogP contribution in [0.1, 0.15) is 26.1 Å². The number of nitrogens with zero attached hydrogens (tertiary/aromatic N) is 4. The molecule has 1 aliphatic rings. The molecule has 0 spiro atoms. The molecule has 0 saturated carbocycles. The summed E-state index contributed by atoms with van der Waals surface area (Å²) >= 11 is 0. The summed E-state index contributed by atoms with van der Waals surface area (Å²) < 4.78 is 15.8. The standard InChI is InChI=1S/C17H30FN5O/c1-12(2)16(21(3)4)17(24)20-9-14-8-13(18)10-23(14)11-15-19-6-7-22(15)5/h6-7,12-14,16H,8-11H2,1-5H3,(H,20,24)/t13-,14-,16-/m0/s1. The topological polar surface area (TPSA) is 53.4 Å². The van der Waals surface area contributed by atoms with Gasteiger partial charge in [-0.15, -0.1) is 0 Å². The van der Waals surface area contributed by atoms with Gasteiger partial charge in [-0.3, -0.25) is 14.6 Å². The summed E-state index contributed by atoms with van der Waals surface area (Å²) in [6.45, 7) is 5.54. The number of halogens is 1. The quantitative estimate of drug-likeness (QED) is 0.806. The van der Waals surface area contributed by atoms with E-state index in [0.29, 0.717) is 26.1 Å². The number of aromatic nitrogens is 2. The molecular formula is C17H30FN5O. The van der Waals surface area contributed by atoms with Crippen LogP contribution in [0.4, 0.5) is 4.39 Å². The molecule has 6 nitrogen and oxygen atoms in total. The molecule has 3 atom stereocenters. The molecule has 1 aromatic rings. The van der Waals surface area contributed by atoms with Crippen LogP contribution in [0.15, 0.2) is 12.4 Å². The molecule has 136 valence electrons. The van der Waals surface area contributed by atoms with E-state index >= 15 is 0 Å². The number of aryl methyl sites for hydroxylation is 1. The first kappa shape index (κ1) is 18.9. The molecule has 0 unspecified atom stereocenters. The summed E-state index contributed by atoms with van der Waals surface area (Å²) in [5.74, 6) is 1.14. The maximum atomic E-state index is 13.9. The first-order valence-corrected chi connectivity index (χ1v) is 8.58. The molecule has 24 heavy (non-hydrogen) atoms. The third kappa shape index (κ3) is 4.54. The number of likely N-dealkylation sites (N-methyl/N-ethyl adjacent to an activating group) is 1. The number of alkyl halides is 1. The molecule has 1 saturated heterocycles. The van der Waals surface area contributed by atoms with E-state index in [1.807, 2.05) is 50.7 Å². The normalized spacial score (nSPS) is 23.2. The lowest BCUT2D eigenvalue weighted by atomic mass is 10.0. The zero-order valence-electron chi connectivity index (χ0n) is 15.4. The van der Waals surface area contributed by atoms with Crippen molar-refractivity contribution in [2.45, 2.75) is 45.1 Å². The predicted octanol–water partition coefficient (Wildman–Crippen LogP) is 1.03. The van der Waals surface area contributed by atoms with Gasteiger partial charge < -0.3 is 9.88 Å². The van der Waals surface area contributed by atoms with Gasteiger partial charge in [-0.05, 0) is 26.4 Å². The van der Waals surface area contributed by atoms with Gasteiger partial charge in [0.25, 0.3) is 0 Å². The molecule has 2 heterocycles. The summed E-state index contributed by atoms with van der Waals surface area (Å²) in [4.78, 5) is 20.8. The second-order valence-electron chi connectivity index (χ2n) is 7.27. The van der Waals surface area contributed by atoms with E-state index in [-0.39, 0.29) is 23.9 Å². The molecule has 1 aliphatic heterocycles. The van der Waals surface area contributed by atoms with Gasteiger partial charge >= 0.3 is 0 Å². The number of hydrogen-bond donors (Lipinski definition) is 1. The van der Waals surface area contributed by atoms with Crippen molar-refractivity contribution in [3.05, 3.63) is 18.2 Å². The molecule has 1 aromatic heterocycles. The number of carbonyl (C=O) groups is 1. The van der Waals surface area contributed by atoms with Gasteiger partial charge in [-0.2, -0.15) is 0 Å². The third-order valence-electron chi connectivity index (χ3n) is 4.71. The van der Waals surface area contributed by atoms with Gasteiger partial charge in [-0.1, -0.05) is 13.8 Å². The van der Waals surface area contributed by atoms with Crippen LogP contribution in [0.5, 0.6) is 0 Å². The number of rotatable bonds is 7. The molecule has 0 aliphatic carbocycles. The summed E-state index contributed by atoms with van der Waals surface area (Å²) in [6, 6.07) is -0.161. The van der Waals surface area contributed by atoms with Gasteiger partial charge in [0, 0.05) is 38.6 Å². The van der Waals surface area contributed by atoms with E-state index in [1.54, 1.807) is 6.20 Å². The zero-order chi connectivity index (χ0) is 17.9. The van der Waals surface area contributed by atoms with Crippen LogP contribution in [0.3, 0.4) is 0 Å². The molecule has 0 aromatic carbocycles. The van der Waals surface area contributed by atoms with Crippen LogP contribution in [0.2, 0.25) is 0 Å². The lowest BCUT2D eigenvalue weighted by Gasteiger charge is -2.29. The molecule has 1 N–H and O–H groups in total. The minimum atomic E-state index is -0.845. The Bertz CT molecular complexity index is 537. The van der Waals surface area contributed by atoms with E-state index in [4.69, 9.17) is 0 Å². The monoisotopic (exact) mass is 339 g/mol. The lowest BCUT2D eigenvalue weighted by Crippen LogP contribution is -2.49. The maximum Gasteiger partial charge on any atom is 0.237 e. The van der Waals surface area contributed by atoms with Crippen molar-refractivity contribution >= 4 is 5.91 Å². The van der Waals surface area contributed by atoms with Crippen LogP contribution in [0, 0.1) is 5.92 Å². The van der Waals surface area contributed by atoms with Gasteiger partial charge in [0.2, 0.25) is 5.91 Å². The van der Waals surface area contributed by atoms with Crippen molar-refractivity contribution in [2.24, 2.45) is 13.0 Å². The van der Waals surface area contributed by atoms with Crippen LogP contribution < -0.4 is 5.32 Å². The smallest absolute Gasteiger partial charge is 0.237 e. The molecule has 1 amide bonds. The lowest BCUT2D eigenvalue weighted by molar-refractivity contribution is -0.127. The van der Waals surface area contributed by atoms with Gasteiger partial charge in [0.15, 0.2) is 0 Å². The summed E-state index contributed by atoms with van der Waals surface area (Å²) in [5, 5.41) is 3.02. The molecule has 0 bridgehead atoms. The number of hydrogen-bond acceptors (Lipinski definition) is 4. The third-order valence-corrected chi connectivity index (χ3v) is 4.71. The second-order valence-corrected chi connectivity index (χ2v) is 7.27. The largest absolute Gasteiger partial charge is 0.353 e. The number of nitrogens with one attached hydrogen (secondary N) is 1. The Morgan fingerprint density at radius 1 is 1.50 bits per heavy atom. The summed E-state index contributed by atoms with van der Waals surface area (Å²) in [6.07, 6.45) is 3.25. The molecule has 1 fully saturated rings.